The molecular weight excluding hydrogens is 298 g/mol. The number of piperazine rings is 1. The second kappa shape index (κ2) is 8.63. The summed E-state index contributed by atoms with van der Waals surface area (Å²) in [4.78, 5) is 19.4. The highest BCUT2D eigenvalue weighted by molar-refractivity contribution is 5.78. The van der Waals surface area contributed by atoms with Crippen LogP contribution in [0.5, 0.6) is 0 Å². The van der Waals surface area contributed by atoms with Crippen molar-refractivity contribution in [2.75, 3.05) is 45.8 Å². The smallest absolute Gasteiger partial charge is 0.236 e. The van der Waals surface area contributed by atoms with E-state index in [1.165, 1.54) is 36.8 Å². The molecule has 0 spiro atoms. The lowest BCUT2D eigenvalue weighted by Crippen LogP contribution is -2.49. The molecule has 0 atom stereocenters. The number of likely N-dealkylation sites (tertiary alicyclic amines) is 1. The van der Waals surface area contributed by atoms with Crippen molar-refractivity contribution in [2.24, 2.45) is 0 Å². The average Bonchev–Trinajstić information content (AvgIpc) is 2.88. The summed E-state index contributed by atoms with van der Waals surface area (Å²) in [7, 11) is 0. The number of carbonyl (C=O) groups is 1. The van der Waals surface area contributed by atoms with Crippen molar-refractivity contribution in [3.63, 3.8) is 0 Å². The summed E-state index contributed by atoms with van der Waals surface area (Å²) in [5.41, 5.74) is 2.79. The van der Waals surface area contributed by atoms with Crippen LogP contribution >= 0.6 is 0 Å². The minimum absolute atomic E-state index is 0.337. The van der Waals surface area contributed by atoms with E-state index < -0.39 is 0 Å². The Kier molecular flexibility index (Phi) is 6.27. The molecule has 2 saturated heterocycles. The molecule has 2 heterocycles. The molecule has 0 aliphatic carbocycles. The summed E-state index contributed by atoms with van der Waals surface area (Å²) in [5, 5.41) is 0. The third-order valence-electron chi connectivity index (χ3n) is 5.44. The summed E-state index contributed by atoms with van der Waals surface area (Å²) >= 11 is 0. The molecule has 2 fully saturated rings. The van der Waals surface area contributed by atoms with Crippen molar-refractivity contribution in [1.29, 1.82) is 0 Å². The third kappa shape index (κ3) is 4.81. The molecule has 3 rings (SSSR count). The minimum atomic E-state index is 0.337. The number of carbonyl (C=O) groups excluding carboxylic acids is 1. The van der Waals surface area contributed by atoms with Crippen molar-refractivity contribution >= 4 is 5.91 Å². The van der Waals surface area contributed by atoms with E-state index in [1.807, 2.05) is 0 Å². The first-order valence-corrected chi connectivity index (χ1v) is 9.49. The normalized spacial score (nSPS) is 20.8. The maximum atomic E-state index is 12.5. The van der Waals surface area contributed by atoms with Crippen molar-refractivity contribution in [1.82, 2.24) is 14.7 Å². The summed E-state index contributed by atoms with van der Waals surface area (Å²) in [5.74, 6) is 0.337. The Balaban J connectivity index is 1.43. The average molecular weight is 329 g/mol. The number of rotatable bonds is 4. The number of hydrogen-bond acceptors (Lipinski definition) is 3. The maximum Gasteiger partial charge on any atom is 0.236 e. The minimum Gasteiger partial charge on any atom is -0.342 e. The van der Waals surface area contributed by atoms with E-state index in [2.05, 4.69) is 45.9 Å². The van der Waals surface area contributed by atoms with E-state index >= 15 is 0 Å². The van der Waals surface area contributed by atoms with Gasteiger partial charge in [0.1, 0.15) is 0 Å². The lowest BCUT2D eigenvalue weighted by atomic mass is 10.1. The number of amides is 1. The topological polar surface area (TPSA) is 26.8 Å². The van der Waals surface area contributed by atoms with Crippen LogP contribution in [-0.4, -0.2) is 66.4 Å². The highest BCUT2D eigenvalue weighted by Crippen LogP contribution is 2.13. The van der Waals surface area contributed by atoms with Gasteiger partial charge in [-0.2, -0.15) is 0 Å². The van der Waals surface area contributed by atoms with Crippen LogP contribution < -0.4 is 0 Å². The monoisotopic (exact) mass is 329 g/mol. The molecule has 2 aliphatic heterocycles. The first-order valence-electron chi connectivity index (χ1n) is 9.49. The van der Waals surface area contributed by atoms with Gasteiger partial charge in [0.15, 0.2) is 0 Å². The van der Waals surface area contributed by atoms with Crippen molar-refractivity contribution < 1.29 is 4.79 Å². The third-order valence-corrected chi connectivity index (χ3v) is 5.44. The van der Waals surface area contributed by atoms with Crippen LogP contribution in [0, 0.1) is 6.92 Å². The molecule has 0 bridgehead atoms. The molecular formula is C20H31N3O. The highest BCUT2D eigenvalue weighted by atomic mass is 16.2. The zero-order chi connectivity index (χ0) is 16.8. The van der Waals surface area contributed by atoms with Crippen molar-refractivity contribution in [2.45, 2.75) is 39.2 Å². The molecule has 0 unspecified atom stereocenters. The van der Waals surface area contributed by atoms with E-state index in [1.54, 1.807) is 0 Å². The predicted octanol–water partition coefficient (Wildman–Crippen LogP) is 2.52. The molecule has 0 aromatic heterocycles. The number of hydrogen-bond donors (Lipinski definition) is 0. The fraction of sp³-hybridized carbons (Fsp3) is 0.650. The summed E-state index contributed by atoms with van der Waals surface area (Å²) < 4.78 is 0. The molecule has 1 aromatic carbocycles. The quantitative estimate of drug-likeness (QED) is 0.849. The first kappa shape index (κ1) is 17.4. The standard InChI is InChI=1S/C20H31N3O/c1-18-8-4-5-9-19(18)16-21-12-14-22(15-13-21)17-20(24)23-10-6-2-3-7-11-23/h4-5,8-9H,2-3,6-7,10-17H2,1H3. The van der Waals surface area contributed by atoms with Gasteiger partial charge in [0, 0.05) is 45.8 Å². The molecule has 132 valence electrons. The zero-order valence-corrected chi connectivity index (χ0v) is 15.0. The molecule has 0 N–H and O–H groups in total. The van der Waals surface area contributed by atoms with Crippen LogP contribution in [-0.2, 0) is 11.3 Å². The van der Waals surface area contributed by atoms with Crippen LogP contribution in [0.1, 0.15) is 36.8 Å². The Morgan fingerprint density at radius 2 is 1.50 bits per heavy atom. The Hall–Kier alpha value is -1.39. The Morgan fingerprint density at radius 1 is 0.875 bits per heavy atom. The van der Waals surface area contributed by atoms with E-state index in [4.69, 9.17) is 0 Å². The summed E-state index contributed by atoms with van der Waals surface area (Å²) in [6, 6.07) is 8.64. The van der Waals surface area contributed by atoms with Gasteiger partial charge in [-0.1, -0.05) is 37.1 Å². The zero-order valence-electron chi connectivity index (χ0n) is 15.0. The predicted molar refractivity (Wildman–Crippen MR) is 97.9 cm³/mol. The first-order chi connectivity index (χ1) is 11.7. The van der Waals surface area contributed by atoms with Crippen LogP contribution in [0.2, 0.25) is 0 Å². The van der Waals surface area contributed by atoms with Crippen LogP contribution in [0.4, 0.5) is 0 Å². The molecule has 0 saturated carbocycles. The molecule has 4 nitrogen and oxygen atoms in total. The second-order valence-electron chi connectivity index (χ2n) is 7.27. The summed E-state index contributed by atoms with van der Waals surface area (Å²) in [6.07, 6.45) is 4.91. The molecule has 24 heavy (non-hydrogen) atoms. The van der Waals surface area contributed by atoms with E-state index in [-0.39, 0.29) is 0 Å². The van der Waals surface area contributed by atoms with Gasteiger partial charge in [0.25, 0.3) is 0 Å². The van der Waals surface area contributed by atoms with Gasteiger partial charge in [-0.25, -0.2) is 0 Å². The second-order valence-corrected chi connectivity index (χ2v) is 7.27. The Bertz CT molecular complexity index is 529. The van der Waals surface area contributed by atoms with Gasteiger partial charge in [-0.05, 0) is 30.9 Å². The number of aryl methyl sites for hydroxylation is 1. The van der Waals surface area contributed by atoms with Crippen LogP contribution in [0.15, 0.2) is 24.3 Å². The van der Waals surface area contributed by atoms with Crippen LogP contribution in [0.25, 0.3) is 0 Å². The van der Waals surface area contributed by atoms with Gasteiger partial charge >= 0.3 is 0 Å². The fourth-order valence-corrected chi connectivity index (χ4v) is 3.75. The Morgan fingerprint density at radius 3 is 2.17 bits per heavy atom. The maximum absolute atomic E-state index is 12.5. The van der Waals surface area contributed by atoms with Gasteiger partial charge < -0.3 is 4.90 Å². The molecule has 1 aromatic rings. The lowest BCUT2D eigenvalue weighted by molar-refractivity contribution is -0.132. The number of nitrogens with zero attached hydrogens (tertiary/aromatic N) is 3. The molecule has 2 aliphatic rings. The molecule has 1 amide bonds. The largest absolute Gasteiger partial charge is 0.342 e. The fourth-order valence-electron chi connectivity index (χ4n) is 3.75. The van der Waals surface area contributed by atoms with Crippen molar-refractivity contribution in [3.8, 4) is 0 Å². The summed E-state index contributed by atoms with van der Waals surface area (Å²) in [6.45, 7) is 9.88. The highest BCUT2D eigenvalue weighted by Gasteiger charge is 2.22. The van der Waals surface area contributed by atoms with E-state index in [0.29, 0.717) is 12.5 Å². The van der Waals surface area contributed by atoms with Gasteiger partial charge in [0.2, 0.25) is 5.91 Å². The number of benzene rings is 1. The van der Waals surface area contributed by atoms with Gasteiger partial charge in [-0.15, -0.1) is 0 Å². The van der Waals surface area contributed by atoms with Gasteiger partial charge in [0.05, 0.1) is 6.54 Å². The SMILES string of the molecule is Cc1ccccc1CN1CCN(CC(=O)N2CCCCCC2)CC1. The lowest BCUT2D eigenvalue weighted by Gasteiger charge is -2.35. The van der Waals surface area contributed by atoms with Crippen molar-refractivity contribution in [3.05, 3.63) is 35.4 Å². The van der Waals surface area contributed by atoms with Crippen LogP contribution in [0.3, 0.4) is 0 Å². The molecule has 4 heteroatoms. The van der Waals surface area contributed by atoms with E-state index in [9.17, 15) is 4.79 Å². The van der Waals surface area contributed by atoms with E-state index in [0.717, 1.165) is 45.8 Å². The molecule has 0 radical (unpaired) electrons. The Labute approximate surface area is 146 Å². The van der Waals surface area contributed by atoms with Gasteiger partial charge in [-0.3, -0.25) is 14.6 Å².